The highest BCUT2D eigenvalue weighted by Crippen LogP contribution is 2.25. The van der Waals surface area contributed by atoms with Crippen LogP contribution >= 0.6 is 0 Å². The van der Waals surface area contributed by atoms with Crippen LogP contribution in [-0.4, -0.2) is 34.2 Å². The van der Waals surface area contributed by atoms with Crippen molar-refractivity contribution in [3.63, 3.8) is 0 Å². The van der Waals surface area contributed by atoms with Crippen molar-refractivity contribution in [1.82, 2.24) is 20.6 Å². The van der Waals surface area contributed by atoms with Crippen LogP contribution in [0.1, 0.15) is 34.0 Å². The van der Waals surface area contributed by atoms with Gasteiger partial charge in [-0.15, -0.1) is 0 Å². The summed E-state index contributed by atoms with van der Waals surface area (Å²) in [4.78, 5) is 35.4. The molecule has 0 radical (unpaired) electrons. The van der Waals surface area contributed by atoms with Crippen LogP contribution in [0.4, 0.5) is 0 Å². The zero-order valence-corrected chi connectivity index (χ0v) is 17.6. The number of hydrogen-bond acceptors (Lipinski definition) is 5. The largest absolute Gasteiger partial charge is 0.452 e. The maximum Gasteiger partial charge on any atom is 0.342 e. The number of rotatable bonds is 6. The van der Waals surface area contributed by atoms with Gasteiger partial charge in [-0.1, -0.05) is 42.5 Å². The second-order valence-electron chi connectivity index (χ2n) is 7.18. The molecule has 0 aliphatic heterocycles. The number of carbonyl (C=O) groups excluding carboxylic acids is 3. The molecule has 1 heterocycles. The van der Waals surface area contributed by atoms with Crippen LogP contribution in [0, 0.1) is 13.8 Å². The Bertz CT molecular complexity index is 1110. The van der Waals surface area contributed by atoms with Crippen molar-refractivity contribution in [2.24, 2.45) is 0 Å². The SMILES string of the molecule is CC(=O)NNC(=O)COC(=O)c1cn(Cc2ccccc2)nc1-c1ccc(C)c(C)c1. The van der Waals surface area contributed by atoms with E-state index in [0.29, 0.717) is 12.2 Å². The molecule has 1 aromatic heterocycles. The van der Waals surface area contributed by atoms with E-state index in [9.17, 15) is 14.4 Å². The molecule has 0 fully saturated rings. The van der Waals surface area contributed by atoms with Gasteiger partial charge < -0.3 is 4.74 Å². The molecule has 0 spiro atoms. The Morgan fingerprint density at radius 1 is 1.00 bits per heavy atom. The Balaban J connectivity index is 1.85. The molecule has 31 heavy (non-hydrogen) atoms. The number of aromatic nitrogens is 2. The van der Waals surface area contributed by atoms with Crippen LogP contribution in [0.15, 0.2) is 54.7 Å². The number of amides is 2. The normalized spacial score (nSPS) is 10.4. The van der Waals surface area contributed by atoms with E-state index in [0.717, 1.165) is 22.3 Å². The molecule has 3 rings (SSSR count). The average molecular weight is 420 g/mol. The zero-order chi connectivity index (χ0) is 22.4. The molecule has 2 amide bonds. The first kappa shape index (κ1) is 21.8. The van der Waals surface area contributed by atoms with Gasteiger partial charge in [0.2, 0.25) is 5.91 Å². The molecule has 2 aromatic carbocycles. The Morgan fingerprint density at radius 2 is 1.74 bits per heavy atom. The highest BCUT2D eigenvalue weighted by molar-refractivity contribution is 5.97. The van der Waals surface area contributed by atoms with Crippen molar-refractivity contribution >= 4 is 17.8 Å². The van der Waals surface area contributed by atoms with Crippen LogP contribution in [-0.2, 0) is 20.9 Å². The average Bonchev–Trinajstić information content (AvgIpc) is 3.17. The minimum atomic E-state index is -0.675. The standard InChI is InChI=1S/C23H24N4O4/c1-15-9-10-19(11-16(15)2)22-20(23(30)31-14-21(29)25-24-17(3)28)13-27(26-22)12-18-7-5-4-6-8-18/h4-11,13H,12,14H2,1-3H3,(H,24,28)(H,25,29). The Hall–Kier alpha value is -3.94. The monoisotopic (exact) mass is 420 g/mol. The first-order valence-electron chi connectivity index (χ1n) is 9.75. The third-order valence-electron chi connectivity index (χ3n) is 4.66. The van der Waals surface area contributed by atoms with Gasteiger partial charge in [0, 0.05) is 18.7 Å². The van der Waals surface area contributed by atoms with E-state index in [1.807, 2.05) is 62.4 Å². The number of aryl methyl sites for hydroxylation is 2. The molecule has 0 saturated carbocycles. The lowest BCUT2D eigenvalue weighted by atomic mass is 10.0. The van der Waals surface area contributed by atoms with Gasteiger partial charge in [0.25, 0.3) is 5.91 Å². The van der Waals surface area contributed by atoms with Crippen LogP contribution in [0.25, 0.3) is 11.3 Å². The smallest absolute Gasteiger partial charge is 0.342 e. The lowest BCUT2D eigenvalue weighted by Crippen LogP contribution is -2.42. The maximum absolute atomic E-state index is 12.8. The van der Waals surface area contributed by atoms with Gasteiger partial charge in [-0.3, -0.25) is 25.1 Å². The number of hydrogen-bond donors (Lipinski definition) is 2. The van der Waals surface area contributed by atoms with Gasteiger partial charge in [0.1, 0.15) is 11.3 Å². The summed E-state index contributed by atoms with van der Waals surface area (Å²) in [5, 5.41) is 4.61. The van der Waals surface area contributed by atoms with E-state index >= 15 is 0 Å². The maximum atomic E-state index is 12.8. The quantitative estimate of drug-likeness (QED) is 0.471. The molecular formula is C23H24N4O4. The van der Waals surface area contributed by atoms with E-state index in [1.54, 1.807) is 10.9 Å². The second-order valence-corrected chi connectivity index (χ2v) is 7.18. The molecule has 0 aliphatic rings. The lowest BCUT2D eigenvalue weighted by Gasteiger charge is -2.07. The summed E-state index contributed by atoms with van der Waals surface area (Å²) in [5.74, 6) is -1.75. The van der Waals surface area contributed by atoms with E-state index in [2.05, 4.69) is 16.0 Å². The minimum Gasteiger partial charge on any atom is -0.452 e. The zero-order valence-electron chi connectivity index (χ0n) is 17.6. The van der Waals surface area contributed by atoms with Gasteiger partial charge in [-0.05, 0) is 36.6 Å². The lowest BCUT2D eigenvalue weighted by molar-refractivity contribution is -0.129. The minimum absolute atomic E-state index is 0.256. The van der Waals surface area contributed by atoms with E-state index in [4.69, 9.17) is 4.74 Å². The Kier molecular flexibility index (Phi) is 6.81. The van der Waals surface area contributed by atoms with E-state index in [1.165, 1.54) is 6.92 Å². The van der Waals surface area contributed by atoms with Crippen LogP contribution in [0.2, 0.25) is 0 Å². The summed E-state index contributed by atoms with van der Waals surface area (Å²) in [7, 11) is 0. The number of ether oxygens (including phenoxy) is 1. The Labute approximate surface area is 180 Å². The van der Waals surface area contributed by atoms with Crippen molar-refractivity contribution in [3.8, 4) is 11.3 Å². The number of nitrogens with one attached hydrogen (secondary N) is 2. The molecule has 0 aliphatic carbocycles. The first-order chi connectivity index (χ1) is 14.8. The fraction of sp³-hybridized carbons (Fsp3) is 0.217. The molecule has 2 N–H and O–H groups in total. The Morgan fingerprint density at radius 3 is 2.42 bits per heavy atom. The third-order valence-corrected chi connectivity index (χ3v) is 4.66. The molecular weight excluding hydrogens is 396 g/mol. The summed E-state index contributed by atoms with van der Waals surface area (Å²) in [6, 6.07) is 15.6. The molecule has 0 bridgehead atoms. The third kappa shape index (κ3) is 5.79. The van der Waals surface area contributed by atoms with Gasteiger partial charge >= 0.3 is 5.97 Å². The topological polar surface area (TPSA) is 102 Å². The van der Waals surface area contributed by atoms with Crippen molar-refractivity contribution in [1.29, 1.82) is 0 Å². The number of hydrazine groups is 1. The van der Waals surface area contributed by atoms with Gasteiger partial charge in [0.15, 0.2) is 6.61 Å². The van der Waals surface area contributed by atoms with Gasteiger partial charge in [0.05, 0.1) is 6.54 Å². The summed E-state index contributed by atoms with van der Waals surface area (Å²) in [6.07, 6.45) is 1.62. The fourth-order valence-electron chi connectivity index (χ4n) is 2.93. The second kappa shape index (κ2) is 9.71. The van der Waals surface area contributed by atoms with Crippen LogP contribution in [0.5, 0.6) is 0 Å². The summed E-state index contributed by atoms with van der Waals surface area (Å²) >= 11 is 0. The molecule has 8 nitrogen and oxygen atoms in total. The first-order valence-corrected chi connectivity index (χ1v) is 9.75. The van der Waals surface area contributed by atoms with Crippen molar-refractivity contribution in [3.05, 3.63) is 77.0 Å². The van der Waals surface area contributed by atoms with Crippen molar-refractivity contribution in [2.45, 2.75) is 27.3 Å². The number of esters is 1. The molecule has 3 aromatic rings. The number of carbonyl (C=O) groups is 3. The number of benzene rings is 2. The highest BCUT2D eigenvalue weighted by atomic mass is 16.5. The predicted octanol–water partition coefficient (Wildman–Crippen LogP) is 2.54. The predicted molar refractivity (Wildman–Crippen MR) is 115 cm³/mol. The summed E-state index contributed by atoms with van der Waals surface area (Å²) in [5.41, 5.74) is 9.05. The van der Waals surface area contributed by atoms with E-state index < -0.39 is 24.4 Å². The molecule has 0 saturated heterocycles. The molecule has 8 heteroatoms. The molecule has 0 atom stereocenters. The van der Waals surface area contributed by atoms with Crippen LogP contribution in [0.3, 0.4) is 0 Å². The van der Waals surface area contributed by atoms with Gasteiger partial charge in [-0.25, -0.2) is 4.79 Å². The molecule has 160 valence electrons. The van der Waals surface area contributed by atoms with E-state index in [-0.39, 0.29) is 5.56 Å². The van der Waals surface area contributed by atoms with Crippen LogP contribution < -0.4 is 10.9 Å². The highest BCUT2D eigenvalue weighted by Gasteiger charge is 2.21. The molecule has 0 unspecified atom stereocenters. The summed E-state index contributed by atoms with van der Waals surface area (Å²) < 4.78 is 6.82. The van der Waals surface area contributed by atoms with Crippen molar-refractivity contribution in [2.75, 3.05) is 6.61 Å². The fourth-order valence-corrected chi connectivity index (χ4v) is 2.93. The van der Waals surface area contributed by atoms with Crippen molar-refractivity contribution < 1.29 is 19.1 Å². The number of nitrogens with zero attached hydrogens (tertiary/aromatic N) is 2. The van der Waals surface area contributed by atoms with Gasteiger partial charge in [-0.2, -0.15) is 5.10 Å². The summed E-state index contributed by atoms with van der Waals surface area (Å²) in [6.45, 7) is 5.20.